The molecule has 2 fully saturated rings. The van der Waals surface area contributed by atoms with Gasteiger partial charge in [-0.2, -0.15) is 0 Å². The normalized spacial score (nSPS) is 33.7. The summed E-state index contributed by atoms with van der Waals surface area (Å²) < 4.78 is 33.7. The van der Waals surface area contributed by atoms with Crippen LogP contribution in [-0.4, -0.2) is 127 Å². The van der Waals surface area contributed by atoms with Crippen LogP contribution in [0.1, 0.15) is 41.8 Å². The van der Waals surface area contributed by atoms with Crippen LogP contribution in [0.25, 0.3) is 0 Å². The van der Waals surface area contributed by atoms with Crippen molar-refractivity contribution in [1.82, 2.24) is 0 Å². The molecule has 17 heteroatoms. The first-order valence-corrected chi connectivity index (χ1v) is 14.5. The van der Waals surface area contributed by atoms with E-state index in [0.29, 0.717) is 5.56 Å². The van der Waals surface area contributed by atoms with Gasteiger partial charge in [0.05, 0.1) is 12.5 Å². The predicted octanol–water partition coefficient (Wildman–Crippen LogP) is -1.14. The average molecular weight is 667 g/mol. The third-order valence-electron chi connectivity index (χ3n) is 7.94. The van der Waals surface area contributed by atoms with Gasteiger partial charge in [-0.05, 0) is 24.6 Å². The number of hydrogen-bond acceptors (Lipinski definition) is 16. The van der Waals surface area contributed by atoms with Crippen molar-refractivity contribution >= 4 is 17.7 Å². The highest BCUT2D eigenvalue weighted by molar-refractivity contribution is 6.02. The van der Waals surface area contributed by atoms with Gasteiger partial charge < -0.3 is 69.3 Å². The molecule has 0 spiro atoms. The number of carboxylic acid groups (broad SMARTS) is 1. The number of aliphatic hydroxyl groups is 5. The molecule has 0 aliphatic carbocycles. The molecule has 0 aromatic heterocycles. The molecule has 3 aliphatic heterocycles. The molecule has 0 bridgehead atoms. The number of ketones is 1. The molecule has 256 valence electrons. The Hall–Kier alpha value is -4.07. The first kappa shape index (κ1) is 34.3. The molecule has 5 rings (SSSR count). The molecule has 11 atom stereocenters. The van der Waals surface area contributed by atoms with E-state index in [1.54, 1.807) is 12.1 Å². The third-order valence-corrected chi connectivity index (χ3v) is 7.94. The zero-order valence-electron chi connectivity index (χ0n) is 24.7. The summed E-state index contributed by atoms with van der Waals surface area (Å²) in [5, 5.41) is 81.8. The number of carbonyl (C=O) groups excluding carboxylic acids is 2. The fraction of sp³-hybridized carbons (Fsp3) is 0.500. The number of Topliss-reactive ketones (excluding diaryl/α,β-unsaturated/α-hetero) is 1. The van der Waals surface area contributed by atoms with Gasteiger partial charge in [0.1, 0.15) is 84.3 Å². The fourth-order valence-electron chi connectivity index (χ4n) is 5.40. The number of carbonyl (C=O) groups is 3. The van der Waals surface area contributed by atoms with E-state index in [1.165, 1.54) is 25.1 Å². The van der Waals surface area contributed by atoms with Crippen molar-refractivity contribution in [3.63, 3.8) is 0 Å². The van der Waals surface area contributed by atoms with Gasteiger partial charge in [-0.3, -0.25) is 14.4 Å². The van der Waals surface area contributed by atoms with E-state index < -0.39 is 104 Å². The molecule has 8 N–H and O–H groups in total. The number of esters is 1. The molecule has 3 aliphatic rings. The van der Waals surface area contributed by atoms with E-state index in [2.05, 4.69) is 0 Å². The van der Waals surface area contributed by atoms with Crippen molar-refractivity contribution in [1.29, 1.82) is 0 Å². The molecule has 47 heavy (non-hydrogen) atoms. The second-order valence-electron chi connectivity index (χ2n) is 11.3. The number of aliphatic hydroxyl groups excluding tert-OH is 5. The maximum absolute atomic E-state index is 13.0. The second-order valence-corrected chi connectivity index (χ2v) is 11.3. The first-order chi connectivity index (χ1) is 22.2. The lowest BCUT2D eigenvalue weighted by molar-refractivity contribution is -0.354. The van der Waals surface area contributed by atoms with Gasteiger partial charge in [0.25, 0.3) is 0 Å². The molecular formula is C30H34O17. The topological polar surface area (TPSA) is 268 Å². The number of phenolic OH excluding ortho intramolecular Hbond substituents is 2. The second kappa shape index (κ2) is 14.0. The summed E-state index contributed by atoms with van der Waals surface area (Å²) in [6.45, 7) is 0.652. The smallest absolute Gasteiger partial charge is 0.317 e. The van der Waals surface area contributed by atoms with Crippen LogP contribution in [0.3, 0.4) is 0 Å². The summed E-state index contributed by atoms with van der Waals surface area (Å²) in [5.41, 5.74) is 0.422. The predicted molar refractivity (Wildman–Crippen MR) is 150 cm³/mol. The van der Waals surface area contributed by atoms with Crippen LogP contribution in [0.4, 0.5) is 0 Å². The number of fused-ring (bicyclic) bond motifs is 1. The maximum Gasteiger partial charge on any atom is 0.317 e. The Kier molecular flexibility index (Phi) is 10.2. The van der Waals surface area contributed by atoms with E-state index in [0.717, 1.165) is 6.07 Å². The van der Waals surface area contributed by atoms with Gasteiger partial charge in [-0.1, -0.05) is 12.1 Å². The molecular weight excluding hydrogens is 632 g/mol. The number of aliphatic carboxylic acids is 1. The molecule has 17 nitrogen and oxygen atoms in total. The number of hydrogen-bond donors (Lipinski definition) is 8. The summed E-state index contributed by atoms with van der Waals surface area (Å²) in [6, 6.07) is 8.25. The Bertz CT molecular complexity index is 1460. The number of phenols is 2. The monoisotopic (exact) mass is 666 g/mol. The summed E-state index contributed by atoms with van der Waals surface area (Å²) in [7, 11) is 0. The Labute approximate surface area is 266 Å². The largest absolute Gasteiger partial charge is 0.508 e. The SMILES string of the molecule is C[C@@H]1O[C@@H](O[C@H]2[C@H](Oc3cc(O)c4c(c3)OC(c3ccc(O)cc3)CC4=O)O[C@H](COC(=O)CC(=O)O)[C@@H](O)[C@@H]2O)[C@H](O)[C@H](O)[C@H]1O. The molecule has 3 heterocycles. The summed E-state index contributed by atoms with van der Waals surface area (Å²) in [6.07, 6.45) is -18.4. The lowest BCUT2D eigenvalue weighted by atomic mass is 9.95. The summed E-state index contributed by atoms with van der Waals surface area (Å²) >= 11 is 0. The van der Waals surface area contributed by atoms with Crippen LogP contribution in [-0.2, 0) is 28.5 Å². The van der Waals surface area contributed by atoms with Crippen molar-refractivity contribution < 1.29 is 83.7 Å². The third kappa shape index (κ3) is 7.42. The van der Waals surface area contributed by atoms with Crippen LogP contribution in [0.15, 0.2) is 36.4 Å². The van der Waals surface area contributed by atoms with Gasteiger partial charge in [0, 0.05) is 12.1 Å². The van der Waals surface area contributed by atoms with E-state index in [4.69, 9.17) is 33.5 Å². The van der Waals surface area contributed by atoms with Crippen LogP contribution in [0.2, 0.25) is 0 Å². The minimum absolute atomic E-state index is 0.00224. The van der Waals surface area contributed by atoms with Gasteiger partial charge >= 0.3 is 11.9 Å². The molecule has 2 saturated heterocycles. The van der Waals surface area contributed by atoms with Crippen molar-refractivity contribution in [3.8, 4) is 23.0 Å². The highest BCUT2D eigenvalue weighted by Gasteiger charge is 2.51. The summed E-state index contributed by atoms with van der Waals surface area (Å²) in [4.78, 5) is 35.6. The molecule has 1 unspecified atom stereocenters. The quantitative estimate of drug-likeness (QED) is 0.116. The van der Waals surface area contributed by atoms with Gasteiger partial charge in [0.15, 0.2) is 18.2 Å². The molecule has 0 amide bonds. The van der Waals surface area contributed by atoms with Crippen molar-refractivity contribution in [2.75, 3.05) is 6.61 Å². The Balaban J connectivity index is 1.42. The number of ether oxygens (including phenoxy) is 6. The maximum atomic E-state index is 13.0. The van der Waals surface area contributed by atoms with E-state index in [9.17, 15) is 50.1 Å². The minimum atomic E-state index is -1.91. The van der Waals surface area contributed by atoms with Crippen molar-refractivity contribution in [2.24, 2.45) is 0 Å². The first-order valence-electron chi connectivity index (χ1n) is 14.5. The molecule has 2 aromatic rings. The molecule has 0 radical (unpaired) electrons. The van der Waals surface area contributed by atoms with E-state index in [-0.39, 0.29) is 29.2 Å². The summed E-state index contributed by atoms with van der Waals surface area (Å²) in [5.74, 6) is -3.90. The van der Waals surface area contributed by atoms with E-state index in [1.807, 2.05) is 0 Å². The molecule has 2 aromatic carbocycles. The van der Waals surface area contributed by atoms with Crippen LogP contribution < -0.4 is 9.47 Å². The van der Waals surface area contributed by atoms with Crippen LogP contribution in [0, 0.1) is 0 Å². The van der Waals surface area contributed by atoms with Gasteiger partial charge in [-0.25, -0.2) is 0 Å². The average Bonchev–Trinajstić information content (AvgIpc) is 3.01. The lowest BCUT2D eigenvalue weighted by Crippen LogP contribution is -2.64. The Morgan fingerprint density at radius 2 is 1.60 bits per heavy atom. The zero-order chi connectivity index (χ0) is 34.2. The number of carboxylic acids is 1. The number of rotatable bonds is 9. The minimum Gasteiger partial charge on any atom is -0.508 e. The van der Waals surface area contributed by atoms with Crippen LogP contribution in [0.5, 0.6) is 23.0 Å². The number of benzene rings is 2. The van der Waals surface area contributed by atoms with Crippen LogP contribution >= 0.6 is 0 Å². The van der Waals surface area contributed by atoms with Crippen molar-refractivity contribution in [2.45, 2.75) is 87.3 Å². The number of aromatic hydroxyl groups is 2. The highest BCUT2D eigenvalue weighted by Crippen LogP contribution is 2.43. The lowest BCUT2D eigenvalue weighted by Gasteiger charge is -2.45. The molecule has 0 saturated carbocycles. The standard InChI is InChI=1S/C30H34O17/c1-11-23(37)25(39)27(41)29(43-11)47-28-26(40)24(38)19(10-42-21(36)9-20(34)35)46-30(28)44-14-6-15(32)22-16(33)8-17(45-18(22)7-14)12-2-4-13(31)5-3-12/h2-7,11,17,19,23-32,37-41H,8-10H2,1H3,(H,34,35)/t11-,17?,19+,23-,24+,25+,26-,27+,28+,29-,30+/m0/s1. The van der Waals surface area contributed by atoms with E-state index >= 15 is 0 Å². The Morgan fingerprint density at radius 1 is 0.894 bits per heavy atom. The zero-order valence-corrected chi connectivity index (χ0v) is 24.7. The van der Waals surface area contributed by atoms with Gasteiger partial charge in [0.2, 0.25) is 6.29 Å². The highest BCUT2D eigenvalue weighted by atomic mass is 16.8. The van der Waals surface area contributed by atoms with Gasteiger partial charge in [-0.15, -0.1) is 0 Å². The Morgan fingerprint density at radius 3 is 2.28 bits per heavy atom. The fourth-order valence-corrected chi connectivity index (χ4v) is 5.40. The van der Waals surface area contributed by atoms with Crippen molar-refractivity contribution in [3.05, 3.63) is 47.5 Å².